The number of aliphatic hydroxyl groups excluding tert-OH is 4. The third-order valence-corrected chi connectivity index (χ3v) is 6.24. The Kier molecular flexibility index (Phi) is 8.75. The summed E-state index contributed by atoms with van der Waals surface area (Å²) < 4.78 is 22.0. The number of hydrogen-bond acceptors (Lipinski definition) is 12. The number of ether oxygens (including phenoxy) is 4. The Labute approximate surface area is 190 Å². The zero-order valence-corrected chi connectivity index (χ0v) is 18.4. The lowest BCUT2D eigenvalue weighted by molar-refractivity contribution is -0.317. The van der Waals surface area contributed by atoms with Gasteiger partial charge in [0.2, 0.25) is 5.91 Å². The Morgan fingerprint density at radius 2 is 1.85 bits per heavy atom. The molecule has 3 unspecified atom stereocenters. The molecule has 4 aliphatic rings. The average Bonchev–Trinajstić information content (AvgIpc) is 2.82. The monoisotopic (exact) mass is 476 g/mol. The fraction of sp³-hybridized carbons (Fsp3) is 0.850. The minimum atomic E-state index is -1.64. The van der Waals surface area contributed by atoms with Crippen molar-refractivity contribution in [3.8, 4) is 0 Å². The van der Waals surface area contributed by atoms with Gasteiger partial charge in [-0.15, -0.1) is 0 Å². The maximum Gasteiger partial charge on any atom is 0.329 e. The van der Waals surface area contributed by atoms with Crippen molar-refractivity contribution in [2.75, 3.05) is 13.2 Å². The molecule has 13 nitrogen and oxygen atoms in total. The van der Waals surface area contributed by atoms with Crippen LogP contribution in [-0.4, -0.2) is 113 Å². The summed E-state index contributed by atoms with van der Waals surface area (Å²) in [5.74, 6) is -1.71. The fourth-order valence-electron chi connectivity index (χ4n) is 3.97. The van der Waals surface area contributed by atoms with Crippen LogP contribution in [0.3, 0.4) is 0 Å². The second-order valence-corrected chi connectivity index (χ2v) is 8.56. The number of fused-ring (bicyclic) bond motifs is 8. The molecule has 0 saturated carbocycles. The molecule has 33 heavy (non-hydrogen) atoms. The first-order valence-electron chi connectivity index (χ1n) is 11.0. The lowest BCUT2D eigenvalue weighted by Gasteiger charge is -2.44. The number of amides is 1. The van der Waals surface area contributed by atoms with Gasteiger partial charge < -0.3 is 49.5 Å². The van der Waals surface area contributed by atoms with Crippen molar-refractivity contribution in [2.24, 2.45) is 5.92 Å². The van der Waals surface area contributed by atoms with Crippen LogP contribution in [-0.2, 0) is 33.3 Å². The molecular formula is C20H32N2O11. The van der Waals surface area contributed by atoms with E-state index in [0.717, 1.165) is 0 Å². The van der Waals surface area contributed by atoms with E-state index in [2.05, 4.69) is 10.6 Å². The van der Waals surface area contributed by atoms with Crippen molar-refractivity contribution in [1.82, 2.24) is 10.6 Å². The lowest BCUT2D eigenvalue weighted by atomic mass is 9.96. The van der Waals surface area contributed by atoms with Gasteiger partial charge in [0.15, 0.2) is 12.4 Å². The number of hydrogen-bond donors (Lipinski definition) is 6. The number of aliphatic hydroxyl groups is 4. The highest BCUT2D eigenvalue weighted by atomic mass is 16.7. The first-order valence-corrected chi connectivity index (χ1v) is 11.0. The van der Waals surface area contributed by atoms with E-state index in [4.69, 9.17) is 18.9 Å². The van der Waals surface area contributed by atoms with E-state index in [1.165, 1.54) is 0 Å². The van der Waals surface area contributed by atoms with Gasteiger partial charge in [0.1, 0.15) is 49.1 Å². The van der Waals surface area contributed by atoms with E-state index in [1.807, 2.05) is 6.92 Å². The fourth-order valence-corrected chi connectivity index (χ4v) is 3.97. The van der Waals surface area contributed by atoms with E-state index < -0.39 is 73.1 Å². The van der Waals surface area contributed by atoms with Crippen LogP contribution in [0.4, 0.5) is 0 Å². The van der Waals surface area contributed by atoms with Crippen LogP contribution in [0.1, 0.15) is 26.7 Å². The summed E-state index contributed by atoms with van der Waals surface area (Å²) in [4.78, 5) is 36.7. The molecule has 0 spiro atoms. The molecule has 13 heteroatoms. The second-order valence-electron chi connectivity index (χ2n) is 8.56. The van der Waals surface area contributed by atoms with Gasteiger partial charge in [-0.25, -0.2) is 4.79 Å². The first-order chi connectivity index (χ1) is 15.7. The van der Waals surface area contributed by atoms with Gasteiger partial charge in [0, 0.05) is 6.42 Å². The largest absolute Gasteiger partial charge is 0.455 e. The van der Waals surface area contributed by atoms with Gasteiger partial charge in [-0.3, -0.25) is 10.1 Å². The van der Waals surface area contributed by atoms with E-state index in [-0.39, 0.29) is 25.6 Å². The molecule has 0 aromatic carbocycles. The van der Waals surface area contributed by atoms with Crippen LogP contribution in [0.2, 0.25) is 0 Å². The summed E-state index contributed by atoms with van der Waals surface area (Å²) in [6.45, 7) is 3.11. The number of aldehydes is 1. The molecule has 4 aliphatic heterocycles. The Hall–Kier alpha value is -1.71. The van der Waals surface area contributed by atoms with Gasteiger partial charge in [0.05, 0.1) is 19.3 Å². The minimum absolute atomic E-state index is 0.228. The highest BCUT2D eigenvalue weighted by Crippen LogP contribution is 2.27. The summed E-state index contributed by atoms with van der Waals surface area (Å²) >= 11 is 0. The molecule has 1 amide bonds. The zero-order valence-electron chi connectivity index (χ0n) is 18.4. The number of nitrogens with one attached hydrogen (secondary N) is 2. The minimum Gasteiger partial charge on any atom is -0.455 e. The summed E-state index contributed by atoms with van der Waals surface area (Å²) in [6.07, 6.45) is -10.3. The van der Waals surface area contributed by atoms with Crippen molar-refractivity contribution in [2.45, 2.75) is 87.9 Å². The van der Waals surface area contributed by atoms with Crippen molar-refractivity contribution >= 4 is 18.2 Å². The number of carbonyl (C=O) groups excluding carboxylic acids is 3. The number of esters is 1. The smallest absolute Gasteiger partial charge is 0.329 e. The predicted octanol–water partition coefficient (Wildman–Crippen LogP) is -3.47. The average molecular weight is 476 g/mol. The van der Waals surface area contributed by atoms with Crippen LogP contribution in [0.25, 0.3) is 0 Å². The maximum absolute atomic E-state index is 12.9. The van der Waals surface area contributed by atoms with Gasteiger partial charge in [-0.05, 0) is 5.92 Å². The maximum atomic E-state index is 12.9. The SMILES string of the molecule is CCC(C)C1N[C@@H]2OC[C@@H](OC(=O)C(CC=O)NC1=O)[C@H](O[C@@H]1OC[C@@H](O)[C@H](O)[C@@H]1O)[C@@H]2O. The molecular weight excluding hydrogens is 444 g/mol. The van der Waals surface area contributed by atoms with Gasteiger partial charge in [0.25, 0.3) is 0 Å². The van der Waals surface area contributed by atoms with Crippen LogP contribution in [0.15, 0.2) is 0 Å². The van der Waals surface area contributed by atoms with Crippen molar-refractivity contribution in [3.63, 3.8) is 0 Å². The Balaban J connectivity index is 1.89. The summed E-state index contributed by atoms with van der Waals surface area (Å²) in [7, 11) is 0. The molecule has 0 aliphatic carbocycles. The summed E-state index contributed by atoms with van der Waals surface area (Å²) in [5.41, 5.74) is 0. The molecule has 4 fully saturated rings. The van der Waals surface area contributed by atoms with Crippen LogP contribution in [0.5, 0.6) is 0 Å². The quantitative estimate of drug-likeness (QED) is 0.126. The summed E-state index contributed by atoms with van der Waals surface area (Å²) in [6, 6.07) is -2.13. The van der Waals surface area contributed by atoms with Gasteiger partial charge in [-0.1, -0.05) is 20.3 Å². The van der Waals surface area contributed by atoms with Crippen LogP contribution >= 0.6 is 0 Å². The third-order valence-electron chi connectivity index (χ3n) is 6.24. The molecule has 4 heterocycles. The lowest BCUT2D eigenvalue weighted by Crippen LogP contribution is -2.64. The van der Waals surface area contributed by atoms with Gasteiger partial charge >= 0.3 is 5.97 Å². The molecule has 0 aromatic heterocycles. The predicted molar refractivity (Wildman–Crippen MR) is 107 cm³/mol. The zero-order chi connectivity index (χ0) is 24.3. The van der Waals surface area contributed by atoms with Gasteiger partial charge in [-0.2, -0.15) is 0 Å². The van der Waals surface area contributed by atoms with E-state index >= 15 is 0 Å². The highest BCUT2D eigenvalue weighted by Gasteiger charge is 2.49. The molecule has 11 atom stereocenters. The van der Waals surface area contributed by atoms with E-state index in [9.17, 15) is 34.8 Å². The Bertz CT molecular complexity index is 709. The molecule has 4 rings (SSSR count). The second kappa shape index (κ2) is 11.1. The number of carbonyl (C=O) groups is 3. The normalized spacial score (nSPS) is 43.2. The van der Waals surface area contributed by atoms with E-state index in [0.29, 0.717) is 12.7 Å². The van der Waals surface area contributed by atoms with Crippen LogP contribution in [0, 0.1) is 5.92 Å². The highest BCUT2D eigenvalue weighted by molar-refractivity contribution is 5.89. The number of rotatable bonds is 6. The molecule has 4 saturated heterocycles. The Morgan fingerprint density at radius 1 is 1.12 bits per heavy atom. The molecule has 6 N–H and O–H groups in total. The van der Waals surface area contributed by atoms with Crippen molar-refractivity contribution < 1.29 is 53.8 Å². The molecule has 0 aromatic rings. The topological polar surface area (TPSA) is 193 Å². The third kappa shape index (κ3) is 5.69. The first kappa shape index (κ1) is 25.9. The molecule has 188 valence electrons. The Morgan fingerprint density at radius 3 is 2.52 bits per heavy atom. The molecule has 2 bridgehead atoms. The van der Waals surface area contributed by atoms with Crippen molar-refractivity contribution in [3.05, 3.63) is 0 Å². The van der Waals surface area contributed by atoms with E-state index in [1.54, 1.807) is 6.92 Å². The van der Waals surface area contributed by atoms with Crippen molar-refractivity contribution in [1.29, 1.82) is 0 Å². The standard InChI is InChI=1S/C20H32N2O11/c1-3-8(2)12-17(28)21-9(4-5-23)19(29)32-11-7-30-18(22-12)15(27)16(11)33-20-14(26)13(25)10(24)6-31-20/h5,8-16,18,20,22,24-27H,3-4,6-7H2,1-2H3,(H,21,28)/t8?,9?,10-,11-,12?,13+,14+,15+,16+,18-,20+/m1/s1. The molecule has 0 radical (unpaired) electrons. The summed E-state index contributed by atoms with van der Waals surface area (Å²) in [5, 5.41) is 46.2. The van der Waals surface area contributed by atoms with Crippen LogP contribution < -0.4 is 10.6 Å².